The Kier molecular flexibility index (Phi) is 3.03. The molecular formula is C20H22N4O+2. The quantitative estimate of drug-likeness (QED) is 0.746. The van der Waals surface area contributed by atoms with E-state index in [4.69, 9.17) is 4.84 Å². The molecule has 0 amide bonds. The van der Waals surface area contributed by atoms with Gasteiger partial charge in [0.1, 0.15) is 0 Å². The van der Waals surface area contributed by atoms with Gasteiger partial charge in [0.2, 0.25) is 0 Å². The Morgan fingerprint density at radius 3 is 2.08 bits per heavy atom. The summed E-state index contributed by atoms with van der Waals surface area (Å²) in [6, 6.07) is 17.0. The number of para-hydroxylation sites is 2. The van der Waals surface area contributed by atoms with Gasteiger partial charge in [-0.2, -0.15) is 0 Å². The van der Waals surface area contributed by atoms with Gasteiger partial charge in [0.05, 0.1) is 36.0 Å². The Morgan fingerprint density at radius 2 is 1.44 bits per heavy atom. The van der Waals surface area contributed by atoms with Crippen molar-refractivity contribution in [1.82, 2.24) is 0 Å². The Bertz CT molecular complexity index is 901. The Labute approximate surface area is 147 Å². The standard InChI is InChI=1S/C20H22N4O/c1-21-18-10-5-3-8-16(18)14-22-12-7-13-23-15-17-9-4-6-11-19(17)24(25-2)20(21,22)23/h3-6,8-11,14-15H,7,12-13H2,1-2H3/q+2. The number of hydrogen-bond acceptors (Lipinski definition) is 3. The Balaban J connectivity index is 1.82. The fraction of sp³-hybridized carbons (Fsp3) is 0.300. The van der Waals surface area contributed by atoms with Crippen molar-refractivity contribution in [2.75, 3.05) is 37.2 Å². The zero-order valence-electron chi connectivity index (χ0n) is 14.6. The van der Waals surface area contributed by atoms with Crippen LogP contribution < -0.4 is 9.96 Å². The second-order valence-electron chi connectivity index (χ2n) is 6.75. The number of rotatable bonds is 1. The summed E-state index contributed by atoms with van der Waals surface area (Å²) in [6.45, 7) is 1.98. The van der Waals surface area contributed by atoms with Crippen LogP contribution in [0.5, 0.6) is 0 Å². The highest BCUT2D eigenvalue weighted by molar-refractivity contribution is 5.90. The first-order valence-corrected chi connectivity index (χ1v) is 8.76. The van der Waals surface area contributed by atoms with Crippen molar-refractivity contribution in [3.05, 3.63) is 59.7 Å². The molecule has 3 aliphatic rings. The Hall–Kier alpha value is -2.66. The van der Waals surface area contributed by atoms with E-state index < -0.39 is 5.91 Å². The molecule has 1 atom stereocenters. The number of hydrogen-bond donors (Lipinski definition) is 0. The zero-order chi connectivity index (χ0) is 17.0. The molecule has 2 aromatic carbocycles. The second-order valence-corrected chi connectivity index (χ2v) is 6.75. The summed E-state index contributed by atoms with van der Waals surface area (Å²) in [5.74, 6) is -0.518. The van der Waals surface area contributed by atoms with E-state index in [0.29, 0.717) is 0 Å². The molecule has 25 heavy (non-hydrogen) atoms. The van der Waals surface area contributed by atoms with Crippen LogP contribution in [0.25, 0.3) is 0 Å². The van der Waals surface area contributed by atoms with Crippen LogP contribution >= 0.6 is 0 Å². The molecule has 1 fully saturated rings. The number of anilines is 2. The molecule has 5 heteroatoms. The molecule has 0 saturated carbocycles. The topological polar surface area (TPSA) is 21.7 Å². The summed E-state index contributed by atoms with van der Waals surface area (Å²) in [5.41, 5.74) is 4.73. The maximum atomic E-state index is 6.00. The highest BCUT2D eigenvalue weighted by Crippen LogP contribution is 2.41. The Morgan fingerprint density at radius 1 is 0.880 bits per heavy atom. The lowest BCUT2D eigenvalue weighted by molar-refractivity contribution is -0.849. The van der Waals surface area contributed by atoms with Crippen LogP contribution in [-0.4, -0.2) is 54.7 Å². The summed E-state index contributed by atoms with van der Waals surface area (Å²) >= 11 is 0. The van der Waals surface area contributed by atoms with Crippen molar-refractivity contribution in [1.29, 1.82) is 0 Å². The van der Waals surface area contributed by atoms with Gasteiger partial charge in [0.25, 0.3) is 0 Å². The first-order valence-electron chi connectivity index (χ1n) is 8.76. The van der Waals surface area contributed by atoms with Crippen molar-refractivity contribution in [3.8, 4) is 0 Å². The lowest BCUT2D eigenvalue weighted by Crippen LogP contribution is -2.77. The van der Waals surface area contributed by atoms with Crippen LogP contribution in [-0.2, 0) is 4.84 Å². The van der Waals surface area contributed by atoms with Gasteiger partial charge in [0.15, 0.2) is 25.5 Å². The van der Waals surface area contributed by atoms with Crippen molar-refractivity contribution in [2.45, 2.75) is 12.3 Å². The molecular weight excluding hydrogens is 312 g/mol. The van der Waals surface area contributed by atoms with Crippen LogP contribution in [0.1, 0.15) is 17.5 Å². The largest absolute Gasteiger partial charge is 0.555 e. The van der Waals surface area contributed by atoms with Gasteiger partial charge in [-0.1, -0.05) is 24.3 Å². The second kappa shape index (κ2) is 5.17. The van der Waals surface area contributed by atoms with E-state index in [0.717, 1.165) is 25.2 Å². The van der Waals surface area contributed by atoms with Crippen molar-refractivity contribution in [2.24, 2.45) is 0 Å². The van der Waals surface area contributed by atoms with E-state index in [1.54, 1.807) is 7.11 Å². The lowest BCUT2D eigenvalue weighted by Gasteiger charge is -2.46. The molecule has 1 spiro atoms. The molecule has 3 heterocycles. The molecule has 5 rings (SSSR count). The van der Waals surface area contributed by atoms with Crippen LogP contribution in [0, 0.1) is 0 Å². The average molecular weight is 334 g/mol. The van der Waals surface area contributed by atoms with Crippen LogP contribution in [0.3, 0.4) is 0 Å². The smallest absolute Gasteiger partial charge is 0.264 e. The molecule has 0 N–H and O–H groups in total. The zero-order valence-corrected chi connectivity index (χ0v) is 14.6. The first-order chi connectivity index (χ1) is 12.3. The lowest BCUT2D eigenvalue weighted by atomic mass is 10.0. The summed E-state index contributed by atoms with van der Waals surface area (Å²) < 4.78 is 4.80. The highest BCUT2D eigenvalue weighted by Gasteiger charge is 2.68. The van der Waals surface area contributed by atoms with Gasteiger partial charge in [-0.3, -0.25) is 4.84 Å². The minimum atomic E-state index is -0.518. The number of nitrogens with zero attached hydrogens (tertiary/aromatic N) is 4. The van der Waals surface area contributed by atoms with E-state index >= 15 is 0 Å². The molecule has 0 bridgehead atoms. The normalized spacial score (nSPS) is 23.8. The highest BCUT2D eigenvalue weighted by atomic mass is 16.7. The minimum absolute atomic E-state index is 0.518. The first kappa shape index (κ1) is 14.7. The molecule has 0 aromatic heterocycles. The maximum Gasteiger partial charge on any atom is 0.555 e. The summed E-state index contributed by atoms with van der Waals surface area (Å²) in [4.78, 5) is 8.33. The number of hydroxylamine groups is 1. The molecule has 0 aliphatic carbocycles. The SMILES string of the molecule is CON1c2ccccc2C=[N+]2CCC[N+]3=Cc4ccccc4N(C)C132. The van der Waals surface area contributed by atoms with Gasteiger partial charge < -0.3 is 0 Å². The van der Waals surface area contributed by atoms with E-state index in [-0.39, 0.29) is 0 Å². The maximum absolute atomic E-state index is 6.00. The fourth-order valence-electron chi connectivity index (χ4n) is 4.50. The predicted octanol–water partition coefficient (Wildman–Crippen LogP) is 2.10. The van der Waals surface area contributed by atoms with Crippen molar-refractivity contribution < 1.29 is 14.0 Å². The predicted molar refractivity (Wildman–Crippen MR) is 98.7 cm³/mol. The van der Waals surface area contributed by atoms with Gasteiger partial charge in [-0.15, -0.1) is 14.2 Å². The van der Waals surface area contributed by atoms with E-state index in [1.807, 2.05) is 5.06 Å². The number of fused-ring (bicyclic) bond motifs is 2. The minimum Gasteiger partial charge on any atom is -0.264 e. The molecule has 1 saturated heterocycles. The molecule has 3 aliphatic heterocycles. The molecule has 5 nitrogen and oxygen atoms in total. The van der Waals surface area contributed by atoms with E-state index in [2.05, 4.69) is 82.1 Å². The van der Waals surface area contributed by atoms with Crippen molar-refractivity contribution >= 4 is 23.8 Å². The molecule has 126 valence electrons. The third kappa shape index (κ3) is 1.76. The third-order valence-corrected chi connectivity index (χ3v) is 5.52. The van der Waals surface area contributed by atoms with Gasteiger partial charge in [0, 0.05) is 7.05 Å². The molecule has 1 unspecified atom stereocenters. The monoisotopic (exact) mass is 334 g/mol. The molecule has 2 aromatic rings. The van der Waals surface area contributed by atoms with Gasteiger partial charge in [-0.05, 0) is 24.3 Å². The average Bonchev–Trinajstić information content (AvgIpc) is 2.65. The number of benzene rings is 2. The summed E-state index contributed by atoms with van der Waals surface area (Å²) in [5, 5.41) is 2.05. The van der Waals surface area contributed by atoms with Gasteiger partial charge >= 0.3 is 5.91 Å². The van der Waals surface area contributed by atoms with Gasteiger partial charge in [-0.25, -0.2) is 4.90 Å². The fourth-order valence-corrected chi connectivity index (χ4v) is 4.50. The van der Waals surface area contributed by atoms with E-state index in [1.165, 1.54) is 16.8 Å². The third-order valence-electron chi connectivity index (χ3n) is 5.52. The van der Waals surface area contributed by atoms with E-state index in [9.17, 15) is 0 Å². The summed E-state index contributed by atoms with van der Waals surface area (Å²) in [6.07, 6.45) is 5.66. The van der Waals surface area contributed by atoms with Crippen LogP contribution in [0.15, 0.2) is 48.5 Å². The van der Waals surface area contributed by atoms with Crippen molar-refractivity contribution in [3.63, 3.8) is 0 Å². The van der Waals surface area contributed by atoms with Crippen LogP contribution in [0.2, 0.25) is 0 Å². The van der Waals surface area contributed by atoms with Crippen LogP contribution in [0.4, 0.5) is 11.4 Å². The molecule has 0 radical (unpaired) electrons. The summed E-state index contributed by atoms with van der Waals surface area (Å²) in [7, 11) is 3.92.